The predicted octanol–water partition coefficient (Wildman–Crippen LogP) is 2.50. The third kappa shape index (κ3) is 4.52. The zero-order chi connectivity index (χ0) is 22.9. The van der Waals surface area contributed by atoms with Crippen LogP contribution in [0.2, 0.25) is 0 Å². The van der Waals surface area contributed by atoms with E-state index in [1.165, 1.54) is 12.1 Å². The average molecular weight is 466 g/mol. The zero-order valence-corrected chi connectivity index (χ0v) is 18.0. The molecule has 0 saturated carbocycles. The first-order valence-corrected chi connectivity index (χ1v) is 11.3. The first-order valence-electron chi connectivity index (χ1n) is 9.89. The molecule has 1 aliphatic heterocycles. The lowest BCUT2D eigenvalue weighted by atomic mass is 10.2. The minimum absolute atomic E-state index is 0.0701. The molecule has 0 amide bonds. The van der Waals surface area contributed by atoms with E-state index in [1.54, 1.807) is 4.68 Å². The molecule has 8 nitrogen and oxygen atoms in total. The van der Waals surface area contributed by atoms with Crippen LogP contribution in [0.15, 0.2) is 53.4 Å². The SMILES string of the molecule is Cc1ccc(-n2nnnc2CN2CCN(S(=O)(=O)c3ccccc3C(F)(F)F)CC2)cc1. The van der Waals surface area contributed by atoms with E-state index in [2.05, 4.69) is 15.5 Å². The number of aryl methyl sites for hydroxylation is 1. The number of aromatic nitrogens is 4. The molecule has 1 aromatic heterocycles. The van der Waals surface area contributed by atoms with Gasteiger partial charge in [0.05, 0.1) is 22.7 Å². The first kappa shape index (κ1) is 22.4. The average Bonchev–Trinajstić information content (AvgIpc) is 3.22. The normalized spacial score (nSPS) is 16.4. The van der Waals surface area contributed by atoms with Gasteiger partial charge in [0, 0.05) is 26.2 Å². The minimum atomic E-state index is -4.75. The van der Waals surface area contributed by atoms with E-state index in [1.807, 2.05) is 36.1 Å². The second-order valence-corrected chi connectivity index (χ2v) is 9.42. The molecule has 0 spiro atoms. The van der Waals surface area contributed by atoms with E-state index in [9.17, 15) is 21.6 Å². The minimum Gasteiger partial charge on any atom is -0.293 e. The van der Waals surface area contributed by atoms with E-state index in [0.717, 1.165) is 27.7 Å². The van der Waals surface area contributed by atoms with Crippen molar-refractivity contribution in [2.75, 3.05) is 26.2 Å². The van der Waals surface area contributed by atoms with Crippen LogP contribution in [-0.4, -0.2) is 64.0 Å². The predicted molar refractivity (Wildman–Crippen MR) is 109 cm³/mol. The Labute approximate surface area is 183 Å². The molecule has 0 N–H and O–H groups in total. The van der Waals surface area contributed by atoms with Gasteiger partial charge in [-0.1, -0.05) is 29.8 Å². The Bertz CT molecular complexity index is 1190. The van der Waals surface area contributed by atoms with Crippen molar-refractivity contribution in [3.63, 3.8) is 0 Å². The van der Waals surface area contributed by atoms with Gasteiger partial charge < -0.3 is 0 Å². The molecule has 0 atom stereocenters. The van der Waals surface area contributed by atoms with Crippen LogP contribution in [-0.2, 0) is 22.7 Å². The van der Waals surface area contributed by atoms with E-state index >= 15 is 0 Å². The van der Waals surface area contributed by atoms with E-state index < -0.39 is 26.7 Å². The second kappa shape index (κ2) is 8.60. The highest BCUT2D eigenvalue weighted by Gasteiger charge is 2.39. The van der Waals surface area contributed by atoms with Crippen LogP contribution in [0, 0.1) is 6.92 Å². The Hall–Kier alpha value is -2.83. The topological polar surface area (TPSA) is 84.2 Å². The van der Waals surface area contributed by atoms with Gasteiger partial charge in [-0.05, 0) is 41.6 Å². The van der Waals surface area contributed by atoms with Crippen LogP contribution in [0.25, 0.3) is 5.69 Å². The molecular formula is C20H21F3N6O2S. The molecule has 3 aromatic rings. The molecule has 0 aliphatic carbocycles. The van der Waals surface area contributed by atoms with Gasteiger partial charge in [0.1, 0.15) is 0 Å². The van der Waals surface area contributed by atoms with Gasteiger partial charge in [0.2, 0.25) is 10.0 Å². The summed E-state index contributed by atoms with van der Waals surface area (Å²) in [5, 5.41) is 11.8. The van der Waals surface area contributed by atoms with Crippen molar-refractivity contribution >= 4 is 10.0 Å². The number of sulfonamides is 1. The monoisotopic (exact) mass is 466 g/mol. The molecule has 4 rings (SSSR count). The highest BCUT2D eigenvalue weighted by Crippen LogP contribution is 2.35. The summed E-state index contributed by atoms with van der Waals surface area (Å²) >= 11 is 0. The Balaban J connectivity index is 1.46. The van der Waals surface area contributed by atoms with Crippen LogP contribution in [0.1, 0.15) is 17.0 Å². The number of hydrogen-bond acceptors (Lipinski definition) is 6. The van der Waals surface area contributed by atoms with Gasteiger partial charge in [-0.25, -0.2) is 8.42 Å². The molecule has 0 unspecified atom stereocenters. The third-order valence-electron chi connectivity index (χ3n) is 5.32. The molecule has 32 heavy (non-hydrogen) atoms. The fraction of sp³-hybridized carbons (Fsp3) is 0.350. The molecule has 1 aliphatic rings. The summed E-state index contributed by atoms with van der Waals surface area (Å²) in [4.78, 5) is 1.25. The second-order valence-electron chi connectivity index (χ2n) is 7.52. The number of benzene rings is 2. The summed E-state index contributed by atoms with van der Waals surface area (Å²) in [6, 6.07) is 12.0. The lowest BCUT2D eigenvalue weighted by Crippen LogP contribution is -2.48. The molecule has 12 heteroatoms. The fourth-order valence-electron chi connectivity index (χ4n) is 3.58. The lowest BCUT2D eigenvalue weighted by Gasteiger charge is -2.34. The van der Waals surface area contributed by atoms with Crippen LogP contribution < -0.4 is 0 Å². The van der Waals surface area contributed by atoms with Crippen molar-refractivity contribution in [3.05, 3.63) is 65.5 Å². The Morgan fingerprint density at radius 1 is 0.969 bits per heavy atom. The molecule has 2 aromatic carbocycles. The molecule has 2 heterocycles. The zero-order valence-electron chi connectivity index (χ0n) is 17.2. The number of piperazine rings is 1. The van der Waals surface area contributed by atoms with Crippen molar-refractivity contribution in [3.8, 4) is 5.69 Å². The van der Waals surface area contributed by atoms with E-state index in [4.69, 9.17) is 0 Å². The van der Waals surface area contributed by atoms with Crippen LogP contribution in [0.3, 0.4) is 0 Å². The number of halogens is 3. The van der Waals surface area contributed by atoms with Crippen LogP contribution in [0.4, 0.5) is 13.2 Å². The number of alkyl halides is 3. The fourth-order valence-corrected chi connectivity index (χ4v) is 5.22. The maximum absolute atomic E-state index is 13.3. The molecule has 0 radical (unpaired) electrons. The van der Waals surface area contributed by atoms with Crippen molar-refractivity contribution in [2.24, 2.45) is 0 Å². The first-order chi connectivity index (χ1) is 15.2. The van der Waals surface area contributed by atoms with Gasteiger partial charge in [0.25, 0.3) is 0 Å². The largest absolute Gasteiger partial charge is 0.417 e. The maximum atomic E-state index is 13.3. The maximum Gasteiger partial charge on any atom is 0.417 e. The Morgan fingerprint density at radius 3 is 2.28 bits per heavy atom. The summed E-state index contributed by atoms with van der Waals surface area (Å²) in [5.41, 5.74) is 0.757. The lowest BCUT2D eigenvalue weighted by molar-refractivity contribution is -0.139. The van der Waals surface area contributed by atoms with Gasteiger partial charge >= 0.3 is 6.18 Å². The molecule has 170 valence electrons. The van der Waals surface area contributed by atoms with Crippen molar-refractivity contribution in [1.29, 1.82) is 0 Å². The highest BCUT2D eigenvalue weighted by molar-refractivity contribution is 7.89. The molecule has 1 saturated heterocycles. The van der Waals surface area contributed by atoms with E-state index in [-0.39, 0.29) is 13.1 Å². The summed E-state index contributed by atoms with van der Waals surface area (Å²) in [5.74, 6) is 0.590. The third-order valence-corrected chi connectivity index (χ3v) is 7.28. The van der Waals surface area contributed by atoms with Gasteiger partial charge in [-0.15, -0.1) is 5.10 Å². The van der Waals surface area contributed by atoms with E-state index in [0.29, 0.717) is 25.5 Å². The van der Waals surface area contributed by atoms with Crippen LogP contribution in [0.5, 0.6) is 0 Å². The molecule has 0 bridgehead atoms. The van der Waals surface area contributed by atoms with Gasteiger partial charge in [-0.2, -0.15) is 22.2 Å². The summed E-state index contributed by atoms with van der Waals surface area (Å²) in [6.07, 6.45) is -4.75. The number of nitrogens with zero attached hydrogens (tertiary/aromatic N) is 6. The number of hydrogen-bond donors (Lipinski definition) is 0. The van der Waals surface area contributed by atoms with Crippen molar-refractivity contribution < 1.29 is 21.6 Å². The Morgan fingerprint density at radius 2 is 1.62 bits per heavy atom. The quantitative estimate of drug-likeness (QED) is 0.575. The van der Waals surface area contributed by atoms with Gasteiger partial charge in [-0.3, -0.25) is 4.90 Å². The smallest absolute Gasteiger partial charge is 0.293 e. The standard InChI is InChI=1S/C20H21F3N6O2S/c1-15-6-8-16(9-7-15)29-19(24-25-26-29)14-27-10-12-28(13-11-27)32(30,31)18-5-3-2-4-17(18)20(21,22)23/h2-9H,10-14H2,1H3. The van der Waals surface area contributed by atoms with Crippen molar-refractivity contribution in [2.45, 2.75) is 24.5 Å². The Kier molecular flexibility index (Phi) is 6.01. The number of rotatable bonds is 5. The summed E-state index contributed by atoms with van der Waals surface area (Å²) < 4.78 is 68.5. The van der Waals surface area contributed by atoms with Gasteiger partial charge in [0.15, 0.2) is 5.82 Å². The summed E-state index contributed by atoms with van der Waals surface area (Å²) in [6.45, 7) is 3.18. The molecule has 1 fully saturated rings. The molecular weight excluding hydrogens is 445 g/mol. The van der Waals surface area contributed by atoms with Crippen LogP contribution >= 0.6 is 0 Å². The number of tetrazole rings is 1. The highest BCUT2D eigenvalue weighted by atomic mass is 32.2. The summed E-state index contributed by atoms with van der Waals surface area (Å²) in [7, 11) is -4.28. The van der Waals surface area contributed by atoms with Crippen molar-refractivity contribution in [1.82, 2.24) is 29.4 Å².